The quantitative estimate of drug-likeness (QED) is 0.867. The van der Waals surface area contributed by atoms with Gasteiger partial charge in [0.1, 0.15) is 0 Å². The Morgan fingerprint density at radius 1 is 1.12 bits per heavy atom. The molecule has 86 valence electrons. The van der Waals surface area contributed by atoms with Gasteiger partial charge in [0.15, 0.2) is 0 Å². The van der Waals surface area contributed by atoms with E-state index in [9.17, 15) is 0 Å². The Morgan fingerprint density at radius 3 is 2.82 bits per heavy atom. The molecule has 0 fully saturated rings. The molecule has 1 aliphatic carbocycles. The van der Waals surface area contributed by atoms with Crippen LogP contribution in [0, 0.1) is 0 Å². The van der Waals surface area contributed by atoms with Gasteiger partial charge < -0.3 is 5.32 Å². The van der Waals surface area contributed by atoms with Crippen molar-refractivity contribution in [1.82, 2.24) is 10.3 Å². The lowest BCUT2D eigenvalue weighted by atomic mass is 10.1. The highest BCUT2D eigenvalue weighted by Gasteiger charge is 2.20. The number of nitrogens with one attached hydrogen (secondary N) is 1. The second-order valence-electron chi connectivity index (χ2n) is 4.53. The maximum Gasteiger partial charge on any atom is 0.0329 e. The van der Waals surface area contributed by atoms with E-state index < -0.39 is 0 Å². The minimum atomic E-state index is 0.513. The van der Waals surface area contributed by atoms with E-state index in [0.717, 1.165) is 6.54 Å². The molecule has 2 nitrogen and oxygen atoms in total. The number of benzene rings is 1. The summed E-state index contributed by atoms with van der Waals surface area (Å²) >= 11 is 0. The Balaban J connectivity index is 1.68. The molecular formula is C15H16N2. The highest BCUT2D eigenvalue weighted by Crippen LogP contribution is 2.30. The van der Waals surface area contributed by atoms with Crippen LogP contribution in [-0.2, 0) is 13.0 Å². The van der Waals surface area contributed by atoms with Crippen molar-refractivity contribution in [1.29, 1.82) is 0 Å². The van der Waals surface area contributed by atoms with Crippen molar-refractivity contribution in [3.8, 4) is 0 Å². The minimum absolute atomic E-state index is 0.513. The zero-order valence-corrected chi connectivity index (χ0v) is 9.76. The minimum Gasteiger partial charge on any atom is -0.306 e. The number of hydrogen-bond acceptors (Lipinski definition) is 2. The third-order valence-electron chi connectivity index (χ3n) is 3.43. The van der Waals surface area contributed by atoms with Gasteiger partial charge in [0.25, 0.3) is 0 Å². The van der Waals surface area contributed by atoms with Gasteiger partial charge in [-0.25, -0.2) is 0 Å². The molecule has 0 spiro atoms. The van der Waals surface area contributed by atoms with E-state index in [1.807, 2.05) is 12.4 Å². The number of nitrogens with zero attached hydrogens (tertiary/aromatic N) is 1. The monoisotopic (exact) mass is 224 g/mol. The van der Waals surface area contributed by atoms with Gasteiger partial charge in [0, 0.05) is 25.0 Å². The van der Waals surface area contributed by atoms with Crippen molar-refractivity contribution in [2.75, 3.05) is 0 Å². The second-order valence-corrected chi connectivity index (χ2v) is 4.53. The molecule has 1 unspecified atom stereocenters. The molecule has 1 aromatic heterocycles. The van der Waals surface area contributed by atoms with Gasteiger partial charge in [-0.15, -0.1) is 0 Å². The molecule has 1 aromatic carbocycles. The van der Waals surface area contributed by atoms with Crippen LogP contribution in [0.5, 0.6) is 0 Å². The van der Waals surface area contributed by atoms with Gasteiger partial charge in [-0.05, 0) is 41.7 Å². The molecule has 0 aliphatic heterocycles. The lowest BCUT2D eigenvalue weighted by Crippen LogP contribution is -2.18. The number of aromatic nitrogens is 1. The lowest BCUT2D eigenvalue weighted by molar-refractivity contribution is 0.530. The van der Waals surface area contributed by atoms with Crippen molar-refractivity contribution in [2.24, 2.45) is 0 Å². The molecule has 2 aromatic rings. The van der Waals surface area contributed by atoms with Crippen LogP contribution in [0.3, 0.4) is 0 Å². The number of rotatable bonds is 3. The number of fused-ring (bicyclic) bond motifs is 1. The Kier molecular flexibility index (Phi) is 2.88. The van der Waals surface area contributed by atoms with Gasteiger partial charge in [-0.1, -0.05) is 24.3 Å². The number of aryl methyl sites for hydroxylation is 1. The van der Waals surface area contributed by atoms with Crippen molar-refractivity contribution in [3.05, 3.63) is 65.5 Å². The second kappa shape index (κ2) is 4.68. The first-order valence-corrected chi connectivity index (χ1v) is 6.13. The Bertz CT molecular complexity index is 493. The van der Waals surface area contributed by atoms with Crippen LogP contribution in [0.15, 0.2) is 48.8 Å². The normalized spacial score (nSPS) is 18.0. The molecule has 1 atom stereocenters. The molecule has 1 heterocycles. The number of hydrogen-bond donors (Lipinski definition) is 1. The number of pyridine rings is 1. The molecule has 1 N–H and O–H groups in total. The molecule has 0 bridgehead atoms. The summed E-state index contributed by atoms with van der Waals surface area (Å²) in [6, 6.07) is 13.4. The fourth-order valence-electron chi connectivity index (χ4n) is 2.51. The van der Waals surface area contributed by atoms with Crippen LogP contribution in [0.1, 0.15) is 29.2 Å². The van der Waals surface area contributed by atoms with Crippen LogP contribution in [0.25, 0.3) is 0 Å². The summed E-state index contributed by atoms with van der Waals surface area (Å²) in [7, 11) is 0. The fraction of sp³-hybridized carbons (Fsp3) is 0.267. The van der Waals surface area contributed by atoms with Crippen LogP contribution in [-0.4, -0.2) is 4.98 Å². The van der Waals surface area contributed by atoms with E-state index >= 15 is 0 Å². The van der Waals surface area contributed by atoms with Crippen molar-refractivity contribution in [2.45, 2.75) is 25.4 Å². The Hall–Kier alpha value is -1.67. The average Bonchev–Trinajstić information content (AvgIpc) is 2.81. The molecule has 3 rings (SSSR count). The molecule has 0 amide bonds. The topological polar surface area (TPSA) is 24.9 Å². The molecule has 2 heteroatoms. The first-order valence-electron chi connectivity index (χ1n) is 6.13. The van der Waals surface area contributed by atoms with Crippen LogP contribution in [0.2, 0.25) is 0 Å². The van der Waals surface area contributed by atoms with Gasteiger partial charge in [0.05, 0.1) is 0 Å². The van der Waals surface area contributed by atoms with E-state index in [-0.39, 0.29) is 0 Å². The van der Waals surface area contributed by atoms with E-state index in [1.165, 1.54) is 29.5 Å². The largest absolute Gasteiger partial charge is 0.306 e. The molecular weight excluding hydrogens is 208 g/mol. The molecule has 0 saturated heterocycles. The molecule has 1 aliphatic rings. The molecule has 0 saturated carbocycles. The van der Waals surface area contributed by atoms with Gasteiger partial charge >= 0.3 is 0 Å². The third kappa shape index (κ3) is 2.22. The van der Waals surface area contributed by atoms with Gasteiger partial charge in [0.2, 0.25) is 0 Å². The van der Waals surface area contributed by atoms with Crippen LogP contribution in [0.4, 0.5) is 0 Å². The summed E-state index contributed by atoms with van der Waals surface area (Å²) in [5, 5.41) is 3.63. The Morgan fingerprint density at radius 2 is 1.94 bits per heavy atom. The zero-order valence-electron chi connectivity index (χ0n) is 9.76. The smallest absolute Gasteiger partial charge is 0.0329 e. The first-order chi connectivity index (χ1) is 8.43. The summed E-state index contributed by atoms with van der Waals surface area (Å²) in [6.07, 6.45) is 6.10. The summed E-state index contributed by atoms with van der Waals surface area (Å²) < 4.78 is 0. The van der Waals surface area contributed by atoms with E-state index in [4.69, 9.17) is 0 Å². The molecule has 17 heavy (non-hydrogen) atoms. The maximum absolute atomic E-state index is 4.03. The van der Waals surface area contributed by atoms with E-state index in [2.05, 4.69) is 46.7 Å². The summed E-state index contributed by atoms with van der Waals surface area (Å²) in [5.41, 5.74) is 4.27. The van der Waals surface area contributed by atoms with Crippen molar-refractivity contribution >= 4 is 0 Å². The highest BCUT2D eigenvalue weighted by molar-refractivity contribution is 5.34. The first kappa shape index (κ1) is 10.5. The van der Waals surface area contributed by atoms with E-state index in [1.54, 1.807) is 0 Å². The zero-order chi connectivity index (χ0) is 11.5. The fourth-order valence-corrected chi connectivity index (χ4v) is 2.51. The van der Waals surface area contributed by atoms with Crippen LogP contribution >= 0.6 is 0 Å². The predicted octanol–water partition coefficient (Wildman–Crippen LogP) is 2.86. The predicted molar refractivity (Wildman–Crippen MR) is 68.6 cm³/mol. The summed E-state index contributed by atoms with van der Waals surface area (Å²) in [6.45, 7) is 0.918. The summed E-state index contributed by atoms with van der Waals surface area (Å²) in [5.74, 6) is 0. The van der Waals surface area contributed by atoms with Gasteiger partial charge in [-0.3, -0.25) is 4.98 Å². The standard InChI is InChI=1S/C15H16N2/c1-2-4-14-13(3-1)5-6-15(14)17-11-12-7-9-16-10-8-12/h1-4,7-10,15,17H,5-6,11H2. The Labute approximate surface area is 102 Å². The SMILES string of the molecule is c1ccc2c(c1)CCC2NCc1ccncc1. The van der Waals surface area contributed by atoms with Gasteiger partial charge in [-0.2, -0.15) is 0 Å². The summed E-state index contributed by atoms with van der Waals surface area (Å²) in [4.78, 5) is 4.03. The lowest BCUT2D eigenvalue weighted by Gasteiger charge is -2.13. The average molecular weight is 224 g/mol. The van der Waals surface area contributed by atoms with Crippen molar-refractivity contribution < 1.29 is 0 Å². The molecule has 0 radical (unpaired) electrons. The van der Waals surface area contributed by atoms with Crippen molar-refractivity contribution in [3.63, 3.8) is 0 Å². The maximum atomic E-state index is 4.03. The third-order valence-corrected chi connectivity index (χ3v) is 3.43. The highest BCUT2D eigenvalue weighted by atomic mass is 14.9. The van der Waals surface area contributed by atoms with Crippen LogP contribution < -0.4 is 5.32 Å². The van der Waals surface area contributed by atoms with E-state index in [0.29, 0.717) is 6.04 Å².